The SMILES string of the molecule is CN(C)C1CCN(C(=O)c2ccc(Cl)cc2)c2ccccc21. The Labute approximate surface area is 136 Å². The van der Waals surface area contributed by atoms with Crippen LogP contribution in [0.1, 0.15) is 28.4 Å². The van der Waals surface area contributed by atoms with Crippen LogP contribution in [0.15, 0.2) is 48.5 Å². The topological polar surface area (TPSA) is 23.6 Å². The number of hydrogen-bond donors (Lipinski definition) is 0. The number of para-hydroxylation sites is 1. The third kappa shape index (κ3) is 2.74. The second kappa shape index (κ2) is 6.11. The Kier molecular flexibility index (Phi) is 4.19. The van der Waals surface area contributed by atoms with E-state index in [1.165, 1.54) is 5.56 Å². The largest absolute Gasteiger partial charge is 0.308 e. The van der Waals surface area contributed by atoms with Crippen LogP contribution in [0.2, 0.25) is 5.02 Å². The molecule has 1 unspecified atom stereocenters. The van der Waals surface area contributed by atoms with Gasteiger partial charge < -0.3 is 9.80 Å². The molecule has 2 aromatic rings. The molecule has 0 bridgehead atoms. The number of rotatable bonds is 2. The van der Waals surface area contributed by atoms with Crippen LogP contribution in [0.5, 0.6) is 0 Å². The van der Waals surface area contributed by atoms with E-state index in [2.05, 4.69) is 25.1 Å². The Balaban J connectivity index is 1.96. The maximum Gasteiger partial charge on any atom is 0.258 e. The highest BCUT2D eigenvalue weighted by Crippen LogP contribution is 2.36. The Morgan fingerprint density at radius 3 is 2.50 bits per heavy atom. The zero-order valence-electron chi connectivity index (χ0n) is 12.8. The van der Waals surface area contributed by atoms with Gasteiger partial charge >= 0.3 is 0 Å². The third-order valence-electron chi connectivity index (χ3n) is 4.17. The summed E-state index contributed by atoms with van der Waals surface area (Å²) in [5.74, 6) is 0.0290. The molecular formula is C18H19ClN2O. The number of halogens is 1. The van der Waals surface area contributed by atoms with Gasteiger partial charge in [-0.1, -0.05) is 29.8 Å². The molecule has 3 nitrogen and oxygen atoms in total. The maximum atomic E-state index is 12.8. The van der Waals surface area contributed by atoms with E-state index in [0.29, 0.717) is 16.6 Å². The lowest BCUT2D eigenvalue weighted by Crippen LogP contribution is -2.39. The fourth-order valence-electron chi connectivity index (χ4n) is 3.04. The second-order valence-corrected chi connectivity index (χ2v) is 6.23. The highest BCUT2D eigenvalue weighted by atomic mass is 35.5. The summed E-state index contributed by atoms with van der Waals surface area (Å²) < 4.78 is 0. The summed E-state index contributed by atoms with van der Waals surface area (Å²) in [6.45, 7) is 0.724. The maximum absolute atomic E-state index is 12.8. The predicted molar refractivity (Wildman–Crippen MR) is 90.6 cm³/mol. The standard InChI is InChI=1S/C18H19ClN2O/c1-20(2)16-11-12-21(17-6-4-3-5-15(16)17)18(22)13-7-9-14(19)10-8-13/h3-10,16H,11-12H2,1-2H3. The quantitative estimate of drug-likeness (QED) is 0.836. The minimum atomic E-state index is 0.0290. The van der Waals surface area contributed by atoms with Crippen LogP contribution in [0.4, 0.5) is 5.69 Å². The van der Waals surface area contributed by atoms with Crippen molar-refractivity contribution in [3.8, 4) is 0 Å². The molecule has 4 heteroatoms. The van der Waals surface area contributed by atoms with Crippen LogP contribution in [0.25, 0.3) is 0 Å². The Morgan fingerprint density at radius 2 is 1.82 bits per heavy atom. The molecule has 1 amide bonds. The number of carbonyl (C=O) groups excluding carboxylic acids is 1. The van der Waals surface area contributed by atoms with E-state index in [1.54, 1.807) is 24.3 Å². The lowest BCUT2D eigenvalue weighted by atomic mass is 9.95. The van der Waals surface area contributed by atoms with E-state index in [9.17, 15) is 4.79 Å². The van der Waals surface area contributed by atoms with Gasteiger partial charge in [0.15, 0.2) is 0 Å². The summed E-state index contributed by atoms with van der Waals surface area (Å²) in [6.07, 6.45) is 0.934. The Bertz CT molecular complexity index is 682. The molecule has 0 aliphatic carbocycles. The summed E-state index contributed by atoms with van der Waals surface area (Å²) in [4.78, 5) is 16.9. The first-order valence-corrected chi connectivity index (χ1v) is 7.78. The molecule has 0 fully saturated rings. The molecule has 1 atom stereocenters. The Hall–Kier alpha value is -1.84. The van der Waals surface area contributed by atoms with Crippen molar-refractivity contribution in [3.63, 3.8) is 0 Å². The highest BCUT2D eigenvalue weighted by molar-refractivity contribution is 6.30. The Morgan fingerprint density at radius 1 is 1.14 bits per heavy atom. The van der Waals surface area contributed by atoms with Crippen LogP contribution in [-0.4, -0.2) is 31.4 Å². The van der Waals surface area contributed by atoms with Gasteiger partial charge in [0.1, 0.15) is 0 Å². The van der Waals surface area contributed by atoms with Gasteiger partial charge in [0.25, 0.3) is 5.91 Å². The van der Waals surface area contributed by atoms with Crippen LogP contribution in [0.3, 0.4) is 0 Å². The molecular weight excluding hydrogens is 296 g/mol. The molecule has 3 rings (SSSR count). The smallest absolute Gasteiger partial charge is 0.258 e. The van der Waals surface area contributed by atoms with Crippen molar-refractivity contribution < 1.29 is 4.79 Å². The van der Waals surface area contributed by atoms with E-state index in [0.717, 1.165) is 18.7 Å². The highest BCUT2D eigenvalue weighted by Gasteiger charge is 2.29. The average molecular weight is 315 g/mol. The molecule has 1 aliphatic rings. The van der Waals surface area contributed by atoms with Crippen molar-refractivity contribution in [2.75, 3.05) is 25.5 Å². The number of amides is 1. The molecule has 0 radical (unpaired) electrons. The van der Waals surface area contributed by atoms with Gasteiger partial charge in [0, 0.05) is 28.9 Å². The number of fused-ring (bicyclic) bond motifs is 1. The first-order chi connectivity index (χ1) is 10.6. The summed E-state index contributed by atoms with van der Waals surface area (Å²) in [5, 5.41) is 0.642. The fraction of sp³-hybridized carbons (Fsp3) is 0.278. The molecule has 0 saturated carbocycles. The van der Waals surface area contributed by atoms with Crippen LogP contribution >= 0.6 is 11.6 Å². The molecule has 1 heterocycles. The molecule has 0 spiro atoms. The predicted octanol–water partition coefficient (Wildman–Crippen LogP) is 3.99. The van der Waals surface area contributed by atoms with Crippen molar-refractivity contribution >= 4 is 23.2 Å². The molecule has 114 valence electrons. The first kappa shape index (κ1) is 15.1. The lowest BCUT2D eigenvalue weighted by Gasteiger charge is -2.37. The summed E-state index contributed by atoms with van der Waals surface area (Å²) in [6, 6.07) is 15.6. The van der Waals surface area contributed by atoms with Gasteiger partial charge in [-0.15, -0.1) is 0 Å². The van der Waals surface area contributed by atoms with Crippen LogP contribution < -0.4 is 4.90 Å². The van der Waals surface area contributed by atoms with E-state index in [1.807, 2.05) is 23.1 Å². The van der Waals surface area contributed by atoms with E-state index in [-0.39, 0.29) is 5.91 Å². The van der Waals surface area contributed by atoms with Gasteiger partial charge in [-0.2, -0.15) is 0 Å². The molecule has 1 aliphatic heterocycles. The minimum Gasteiger partial charge on any atom is -0.308 e. The first-order valence-electron chi connectivity index (χ1n) is 7.40. The summed E-state index contributed by atoms with van der Waals surface area (Å²) in [7, 11) is 4.16. The molecule has 22 heavy (non-hydrogen) atoms. The van der Waals surface area contributed by atoms with Gasteiger partial charge in [0.05, 0.1) is 0 Å². The summed E-state index contributed by atoms with van der Waals surface area (Å²) >= 11 is 5.91. The zero-order chi connectivity index (χ0) is 15.7. The molecule has 0 saturated heterocycles. The van der Waals surface area contributed by atoms with Crippen LogP contribution in [0, 0.1) is 0 Å². The molecule has 2 aromatic carbocycles. The van der Waals surface area contributed by atoms with Crippen molar-refractivity contribution in [1.82, 2.24) is 4.90 Å². The van der Waals surface area contributed by atoms with Crippen molar-refractivity contribution in [1.29, 1.82) is 0 Å². The molecule has 0 N–H and O–H groups in total. The normalized spacial score (nSPS) is 17.5. The third-order valence-corrected chi connectivity index (χ3v) is 4.42. The van der Waals surface area contributed by atoms with E-state index in [4.69, 9.17) is 11.6 Å². The number of anilines is 1. The average Bonchev–Trinajstić information content (AvgIpc) is 2.53. The lowest BCUT2D eigenvalue weighted by molar-refractivity contribution is 0.0980. The monoisotopic (exact) mass is 314 g/mol. The number of hydrogen-bond acceptors (Lipinski definition) is 2. The van der Waals surface area contributed by atoms with Crippen molar-refractivity contribution in [2.24, 2.45) is 0 Å². The van der Waals surface area contributed by atoms with Gasteiger partial charge in [-0.25, -0.2) is 0 Å². The van der Waals surface area contributed by atoms with E-state index >= 15 is 0 Å². The number of nitrogens with zero attached hydrogens (tertiary/aromatic N) is 2. The number of benzene rings is 2. The summed E-state index contributed by atoms with van der Waals surface area (Å²) in [5.41, 5.74) is 2.89. The fourth-order valence-corrected chi connectivity index (χ4v) is 3.16. The van der Waals surface area contributed by atoms with Gasteiger partial charge in [-0.05, 0) is 56.4 Å². The molecule has 0 aromatic heterocycles. The van der Waals surface area contributed by atoms with Crippen molar-refractivity contribution in [2.45, 2.75) is 12.5 Å². The van der Waals surface area contributed by atoms with E-state index < -0.39 is 0 Å². The van der Waals surface area contributed by atoms with Gasteiger partial charge in [-0.3, -0.25) is 4.79 Å². The zero-order valence-corrected chi connectivity index (χ0v) is 13.5. The van der Waals surface area contributed by atoms with Gasteiger partial charge in [0.2, 0.25) is 0 Å². The number of carbonyl (C=O) groups is 1. The second-order valence-electron chi connectivity index (χ2n) is 5.79. The minimum absolute atomic E-state index is 0.0290. The van der Waals surface area contributed by atoms with Crippen molar-refractivity contribution in [3.05, 3.63) is 64.7 Å². The van der Waals surface area contributed by atoms with Crippen LogP contribution in [-0.2, 0) is 0 Å².